The first kappa shape index (κ1) is 15.7. The molecule has 8 heteroatoms. The molecule has 3 rings (SSSR count). The van der Waals surface area contributed by atoms with E-state index in [4.69, 9.17) is 0 Å². The quantitative estimate of drug-likeness (QED) is 0.739. The molecule has 1 aromatic carbocycles. The highest BCUT2D eigenvalue weighted by molar-refractivity contribution is 7.98. The summed E-state index contributed by atoms with van der Waals surface area (Å²) < 4.78 is 28.1. The Bertz CT molecular complexity index is 866. The van der Waals surface area contributed by atoms with Crippen LogP contribution in [0.4, 0.5) is 8.78 Å². The van der Waals surface area contributed by atoms with E-state index in [9.17, 15) is 13.9 Å². The highest BCUT2D eigenvalue weighted by atomic mass is 32.2. The van der Waals surface area contributed by atoms with Gasteiger partial charge in [-0.05, 0) is 12.1 Å². The van der Waals surface area contributed by atoms with Crippen LogP contribution in [0.25, 0.3) is 5.78 Å². The molecule has 0 fully saturated rings. The summed E-state index contributed by atoms with van der Waals surface area (Å²) in [5, 5.41) is 14.2. The zero-order chi connectivity index (χ0) is 16.6. The van der Waals surface area contributed by atoms with Gasteiger partial charge in [0.2, 0.25) is 5.88 Å². The third-order valence-electron chi connectivity index (χ3n) is 3.17. The predicted octanol–water partition coefficient (Wildman–Crippen LogP) is 3.52. The van der Waals surface area contributed by atoms with Gasteiger partial charge in [-0.25, -0.2) is 13.8 Å². The number of nitrogens with zero attached hydrogens (tertiary/aromatic N) is 4. The predicted molar refractivity (Wildman–Crippen MR) is 82.5 cm³/mol. The van der Waals surface area contributed by atoms with E-state index < -0.39 is 11.6 Å². The van der Waals surface area contributed by atoms with Crippen LogP contribution in [0.3, 0.4) is 0 Å². The van der Waals surface area contributed by atoms with Crippen molar-refractivity contribution in [3.05, 3.63) is 47.4 Å². The molecule has 2 heterocycles. The molecule has 0 saturated heterocycles. The first-order valence-electron chi connectivity index (χ1n) is 6.98. The van der Waals surface area contributed by atoms with E-state index in [1.165, 1.54) is 22.7 Å². The molecule has 5 nitrogen and oxygen atoms in total. The maximum atomic E-state index is 13.6. The van der Waals surface area contributed by atoms with E-state index in [0.29, 0.717) is 11.5 Å². The van der Waals surface area contributed by atoms with Gasteiger partial charge in [0.25, 0.3) is 5.78 Å². The van der Waals surface area contributed by atoms with Crippen molar-refractivity contribution in [1.29, 1.82) is 0 Å². The lowest BCUT2D eigenvalue weighted by atomic mass is 10.2. The second-order valence-corrected chi connectivity index (χ2v) is 6.30. The molecule has 0 unspecified atom stereocenters. The Hall–Kier alpha value is -2.22. The molecule has 0 bridgehead atoms. The van der Waals surface area contributed by atoms with Crippen molar-refractivity contribution in [2.24, 2.45) is 0 Å². The Balaban J connectivity index is 1.87. The Labute approximate surface area is 135 Å². The zero-order valence-electron chi connectivity index (χ0n) is 12.5. The molecule has 120 valence electrons. The molecule has 0 radical (unpaired) electrons. The molecule has 23 heavy (non-hydrogen) atoms. The maximum Gasteiger partial charge on any atom is 0.255 e. The molecule has 3 aromatic rings. The van der Waals surface area contributed by atoms with Gasteiger partial charge in [0.05, 0.1) is 5.69 Å². The summed E-state index contributed by atoms with van der Waals surface area (Å²) >= 11 is 1.10. The molecule has 2 aromatic heterocycles. The van der Waals surface area contributed by atoms with Crippen LogP contribution in [-0.2, 0) is 5.75 Å². The molecule has 0 saturated carbocycles. The zero-order valence-corrected chi connectivity index (χ0v) is 13.3. The summed E-state index contributed by atoms with van der Waals surface area (Å²) in [5.74, 6) is -0.626. The van der Waals surface area contributed by atoms with Crippen molar-refractivity contribution in [3.63, 3.8) is 0 Å². The lowest BCUT2D eigenvalue weighted by molar-refractivity contribution is 0.433. The molecular formula is C15H14F2N4OS. The van der Waals surface area contributed by atoms with Crippen LogP contribution in [0.1, 0.15) is 31.3 Å². The van der Waals surface area contributed by atoms with Gasteiger partial charge in [-0.1, -0.05) is 19.9 Å². The number of hydrogen-bond donors (Lipinski definition) is 1. The SMILES string of the molecule is CC(C)c1nc2nc(CSc3cccc(F)c3F)cc(O)n2n1. The van der Waals surface area contributed by atoms with Gasteiger partial charge in [0, 0.05) is 22.6 Å². The molecule has 0 aliphatic carbocycles. The molecule has 0 aliphatic rings. The van der Waals surface area contributed by atoms with E-state index in [0.717, 1.165) is 17.8 Å². The van der Waals surface area contributed by atoms with Crippen LogP contribution in [0, 0.1) is 11.6 Å². The number of benzene rings is 1. The van der Waals surface area contributed by atoms with Crippen molar-refractivity contribution in [2.75, 3.05) is 0 Å². The van der Waals surface area contributed by atoms with E-state index >= 15 is 0 Å². The number of rotatable bonds is 4. The first-order chi connectivity index (χ1) is 11.0. The highest BCUT2D eigenvalue weighted by Crippen LogP contribution is 2.27. The summed E-state index contributed by atoms with van der Waals surface area (Å²) in [4.78, 5) is 8.75. The van der Waals surface area contributed by atoms with E-state index in [-0.39, 0.29) is 28.2 Å². The van der Waals surface area contributed by atoms with E-state index in [1.807, 2.05) is 13.8 Å². The Morgan fingerprint density at radius 2 is 2.04 bits per heavy atom. The minimum atomic E-state index is -0.889. The second kappa shape index (κ2) is 6.11. The van der Waals surface area contributed by atoms with E-state index in [2.05, 4.69) is 15.1 Å². The Morgan fingerprint density at radius 1 is 1.26 bits per heavy atom. The van der Waals surface area contributed by atoms with Crippen molar-refractivity contribution in [2.45, 2.75) is 30.4 Å². The minimum Gasteiger partial charge on any atom is -0.493 e. The average molecular weight is 336 g/mol. The molecular weight excluding hydrogens is 322 g/mol. The fourth-order valence-corrected chi connectivity index (χ4v) is 2.83. The van der Waals surface area contributed by atoms with E-state index in [1.54, 1.807) is 0 Å². The van der Waals surface area contributed by atoms with Crippen molar-refractivity contribution in [1.82, 2.24) is 19.6 Å². The van der Waals surface area contributed by atoms with Crippen LogP contribution in [0.15, 0.2) is 29.2 Å². The summed E-state index contributed by atoms with van der Waals surface area (Å²) in [7, 11) is 0. The third kappa shape index (κ3) is 3.12. The van der Waals surface area contributed by atoms with Crippen LogP contribution in [0.5, 0.6) is 5.88 Å². The fraction of sp³-hybridized carbons (Fsp3) is 0.267. The molecule has 0 aliphatic heterocycles. The first-order valence-corrected chi connectivity index (χ1v) is 7.96. The van der Waals surface area contributed by atoms with Gasteiger partial charge >= 0.3 is 0 Å². The standard InChI is InChI=1S/C15H14F2N4OS/c1-8(2)14-19-15-18-9(6-12(22)21(15)20-14)7-23-11-5-3-4-10(16)13(11)17/h3-6,8,22H,7H2,1-2H3. The number of aromatic nitrogens is 4. The van der Waals surface area contributed by atoms with Gasteiger partial charge in [-0.2, -0.15) is 9.50 Å². The fourth-order valence-electron chi connectivity index (χ4n) is 1.98. The van der Waals surface area contributed by atoms with Gasteiger partial charge in [-0.15, -0.1) is 16.9 Å². The summed E-state index contributed by atoms with van der Waals surface area (Å²) in [6, 6.07) is 5.45. The normalized spacial score (nSPS) is 11.5. The summed E-state index contributed by atoms with van der Waals surface area (Å²) in [5.41, 5.74) is 0.506. The second-order valence-electron chi connectivity index (χ2n) is 5.28. The number of thioether (sulfide) groups is 1. The number of fused-ring (bicyclic) bond motifs is 1. The van der Waals surface area contributed by atoms with Crippen molar-refractivity contribution >= 4 is 17.5 Å². The largest absolute Gasteiger partial charge is 0.493 e. The molecule has 0 amide bonds. The lowest BCUT2D eigenvalue weighted by Gasteiger charge is -2.04. The number of halogens is 2. The minimum absolute atomic E-state index is 0.0929. The summed E-state index contributed by atoms with van der Waals surface area (Å²) in [6.07, 6.45) is 0. The number of aromatic hydroxyl groups is 1. The Kier molecular flexibility index (Phi) is 4.16. The van der Waals surface area contributed by atoms with Crippen LogP contribution >= 0.6 is 11.8 Å². The maximum absolute atomic E-state index is 13.6. The molecule has 0 atom stereocenters. The van der Waals surface area contributed by atoms with Crippen LogP contribution in [-0.4, -0.2) is 24.7 Å². The van der Waals surface area contributed by atoms with Crippen LogP contribution < -0.4 is 0 Å². The van der Waals surface area contributed by atoms with Gasteiger partial charge in [0.15, 0.2) is 17.5 Å². The van der Waals surface area contributed by atoms with Crippen LogP contribution in [0.2, 0.25) is 0 Å². The van der Waals surface area contributed by atoms with Crippen molar-refractivity contribution in [3.8, 4) is 5.88 Å². The number of hydrogen-bond acceptors (Lipinski definition) is 5. The molecule has 1 N–H and O–H groups in total. The Morgan fingerprint density at radius 3 is 2.78 bits per heavy atom. The molecule has 0 spiro atoms. The van der Waals surface area contributed by atoms with Gasteiger partial charge in [-0.3, -0.25) is 0 Å². The topological polar surface area (TPSA) is 63.3 Å². The lowest BCUT2D eigenvalue weighted by Crippen LogP contribution is -1.97. The van der Waals surface area contributed by atoms with Crippen molar-refractivity contribution < 1.29 is 13.9 Å². The highest BCUT2D eigenvalue weighted by Gasteiger charge is 2.14. The monoisotopic (exact) mass is 336 g/mol. The van der Waals surface area contributed by atoms with Gasteiger partial charge in [0.1, 0.15) is 0 Å². The van der Waals surface area contributed by atoms with Gasteiger partial charge < -0.3 is 5.11 Å². The smallest absolute Gasteiger partial charge is 0.255 e. The third-order valence-corrected chi connectivity index (χ3v) is 4.24. The average Bonchev–Trinajstić information content (AvgIpc) is 2.94. The summed E-state index contributed by atoms with van der Waals surface area (Å²) in [6.45, 7) is 3.88.